The van der Waals surface area contributed by atoms with E-state index < -0.39 is 11.3 Å². The summed E-state index contributed by atoms with van der Waals surface area (Å²) in [4.78, 5) is -0.118. The second kappa shape index (κ2) is 4.21. The maximum atomic E-state index is 12.7. The van der Waals surface area contributed by atoms with Gasteiger partial charge in [0.15, 0.2) is 0 Å². The molecular weight excluding hydrogens is 216 g/mol. The molecular formula is C9H7F4S. The van der Waals surface area contributed by atoms with E-state index in [1.165, 1.54) is 6.07 Å². The smallest absolute Gasteiger partial charge is 0.207 e. The molecule has 0 aliphatic rings. The zero-order chi connectivity index (χ0) is 10.8. The first kappa shape index (κ1) is 11.4. The van der Waals surface area contributed by atoms with E-state index in [-0.39, 0.29) is 23.1 Å². The molecule has 0 aromatic heterocycles. The zero-order valence-electron chi connectivity index (χ0n) is 7.07. The molecule has 0 N–H and O–H groups in total. The van der Waals surface area contributed by atoms with Crippen LogP contribution in [0.3, 0.4) is 0 Å². The fourth-order valence-corrected chi connectivity index (χ4v) is 1.68. The highest BCUT2D eigenvalue weighted by Crippen LogP contribution is 2.38. The third-order valence-electron chi connectivity index (χ3n) is 1.52. The second-order valence-electron chi connectivity index (χ2n) is 2.55. The Morgan fingerprint density at radius 1 is 1.29 bits per heavy atom. The molecule has 1 rings (SSSR count). The minimum Gasteiger partial charge on any atom is -0.207 e. The highest BCUT2D eigenvalue weighted by Gasteiger charge is 2.30. The molecule has 1 aromatic rings. The maximum Gasteiger partial charge on any atom is 0.446 e. The summed E-state index contributed by atoms with van der Waals surface area (Å²) >= 11 is -0.314. The molecule has 0 spiro atoms. The van der Waals surface area contributed by atoms with Crippen molar-refractivity contribution in [2.75, 3.05) is 0 Å². The van der Waals surface area contributed by atoms with Crippen LogP contribution in [0.2, 0.25) is 0 Å². The van der Waals surface area contributed by atoms with Crippen molar-refractivity contribution in [1.29, 1.82) is 0 Å². The van der Waals surface area contributed by atoms with Crippen molar-refractivity contribution in [2.24, 2.45) is 0 Å². The predicted octanol–water partition coefficient (Wildman–Crippen LogP) is 3.81. The molecule has 1 radical (unpaired) electrons. The fraction of sp³-hybridized carbons (Fsp3) is 0.222. The van der Waals surface area contributed by atoms with E-state index in [1.54, 1.807) is 0 Å². The van der Waals surface area contributed by atoms with Crippen LogP contribution in [0.4, 0.5) is 17.6 Å². The van der Waals surface area contributed by atoms with E-state index in [2.05, 4.69) is 6.92 Å². The van der Waals surface area contributed by atoms with Crippen molar-refractivity contribution in [3.63, 3.8) is 0 Å². The van der Waals surface area contributed by atoms with Gasteiger partial charge in [0.05, 0.1) is 0 Å². The number of alkyl halides is 3. The standard InChI is InChI=1S/C9H7F4S/c1-2-6-3-4-7(10)5-8(6)14-9(11,12)13/h3-5H,1-2H2. The third-order valence-corrected chi connectivity index (χ3v) is 2.36. The van der Waals surface area contributed by atoms with Gasteiger partial charge in [0.2, 0.25) is 0 Å². The van der Waals surface area contributed by atoms with E-state index in [9.17, 15) is 17.6 Å². The van der Waals surface area contributed by atoms with Gasteiger partial charge in [0.1, 0.15) is 5.82 Å². The molecule has 1 aromatic carbocycles. The molecule has 0 fully saturated rings. The Morgan fingerprint density at radius 3 is 2.43 bits per heavy atom. The summed E-state index contributed by atoms with van der Waals surface area (Å²) < 4.78 is 48.7. The quantitative estimate of drug-likeness (QED) is 0.542. The predicted molar refractivity (Wildman–Crippen MR) is 47.4 cm³/mol. The largest absolute Gasteiger partial charge is 0.446 e. The van der Waals surface area contributed by atoms with Gasteiger partial charge in [-0.2, -0.15) is 13.2 Å². The number of thioether (sulfide) groups is 1. The first-order chi connectivity index (χ1) is 6.42. The van der Waals surface area contributed by atoms with Crippen molar-refractivity contribution in [1.82, 2.24) is 0 Å². The number of rotatable bonds is 2. The van der Waals surface area contributed by atoms with Gasteiger partial charge in [0, 0.05) is 4.90 Å². The van der Waals surface area contributed by atoms with E-state index in [1.807, 2.05) is 0 Å². The third kappa shape index (κ3) is 3.21. The Hall–Kier alpha value is -0.710. The normalized spacial score (nSPS) is 11.8. The van der Waals surface area contributed by atoms with E-state index in [0.717, 1.165) is 12.1 Å². The lowest BCUT2D eigenvalue weighted by Crippen LogP contribution is -2.01. The topological polar surface area (TPSA) is 0 Å². The van der Waals surface area contributed by atoms with Crippen molar-refractivity contribution >= 4 is 11.8 Å². The van der Waals surface area contributed by atoms with Gasteiger partial charge in [-0.25, -0.2) is 4.39 Å². The summed E-state index contributed by atoms with van der Waals surface area (Å²) in [6, 6.07) is 3.32. The summed E-state index contributed by atoms with van der Waals surface area (Å²) in [6.45, 7) is 3.47. The molecule has 0 bridgehead atoms. The van der Waals surface area contributed by atoms with Crippen LogP contribution in [0.15, 0.2) is 23.1 Å². The van der Waals surface area contributed by atoms with Crippen LogP contribution >= 0.6 is 11.8 Å². The van der Waals surface area contributed by atoms with Crippen LogP contribution in [-0.4, -0.2) is 5.51 Å². The molecule has 5 heteroatoms. The van der Waals surface area contributed by atoms with E-state index in [0.29, 0.717) is 5.56 Å². The molecule has 77 valence electrons. The highest BCUT2D eigenvalue weighted by molar-refractivity contribution is 8.00. The Morgan fingerprint density at radius 2 is 1.93 bits per heavy atom. The molecule has 0 saturated heterocycles. The summed E-state index contributed by atoms with van der Waals surface area (Å²) in [5.74, 6) is -0.672. The van der Waals surface area contributed by atoms with Gasteiger partial charge in [-0.05, 0) is 42.8 Å². The van der Waals surface area contributed by atoms with Gasteiger partial charge < -0.3 is 0 Å². The number of halogens is 4. The Balaban J connectivity index is 2.99. The fourth-order valence-electron chi connectivity index (χ4n) is 0.955. The monoisotopic (exact) mass is 223 g/mol. The Labute approximate surface area is 83.3 Å². The van der Waals surface area contributed by atoms with Crippen molar-refractivity contribution in [3.05, 3.63) is 36.5 Å². The number of hydrogen-bond donors (Lipinski definition) is 0. The van der Waals surface area contributed by atoms with Crippen molar-refractivity contribution in [2.45, 2.75) is 16.8 Å². The SMILES string of the molecule is [CH2]Cc1ccc(F)cc1SC(F)(F)F. The lowest BCUT2D eigenvalue weighted by Gasteiger charge is -2.09. The van der Waals surface area contributed by atoms with Gasteiger partial charge >= 0.3 is 5.51 Å². The summed E-state index contributed by atoms with van der Waals surface area (Å²) in [5, 5.41) is 0. The molecule has 0 nitrogen and oxygen atoms in total. The van der Waals surface area contributed by atoms with Crippen molar-refractivity contribution in [3.8, 4) is 0 Å². The highest BCUT2D eigenvalue weighted by atomic mass is 32.2. The second-order valence-corrected chi connectivity index (χ2v) is 3.66. The zero-order valence-corrected chi connectivity index (χ0v) is 7.88. The first-order valence-electron chi connectivity index (χ1n) is 3.76. The number of hydrogen-bond acceptors (Lipinski definition) is 1. The lowest BCUT2D eigenvalue weighted by molar-refractivity contribution is -0.0328. The van der Waals surface area contributed by atoms with Gasteiger partial charge in [-0.3, -0.25) is 0 Å². The molecule has 0 saturated carbocycles. The summed E-state index contributed by atoms with van der Waals surface area (Å²) in [7, 11) is 0. The van der Waals surface area contributed by atoms with Crippen LogP contribution in [0.5, 0.6) is 0 Å². The molecule has 0 amide bonds. The molecule has 0 aliphatic carbocycles. The minimum atomic E-state index is -4.39. The van der Waals surface area contributed by atoms with Crippen LogP contribution in [0.25, 0.3) is 0 Å². The van der Waals surface area contributed by atoms with Gasteiger partial charge in [-0.1, -0.05) is 6.07 Å². The lowest BCUT2D eigenvalue weighted by atomic mass is 10.2. The number of benzene rings is 1. The van der Waals surface area contributed by atoms with Crippen LogP contribution < -0.4 is 0 Å². The average molecular weight is 223 g/mol. The van der Waals surface area contributed by atoms with Crippen LogP contribution in [0, 0.1) is 12.7 Å². The molecule has 0 heterocycles. The molecule has 0 aliphatic heterocycles. The van der Waals surface area contributed by atoms with Gasteiger partial charge in [0.25, 0.3) is 0 Å². The van der Waals surface area contributed by atoms with Gasteiger partial charge in [-0.15, -0.1) is 0 Å². The average Bonchev–Trinajstić information content (AvgIpc) is 2.01. The molecule has 0 atom stereocenters. The van der Waals surface area contributed by atoms with E-state index >= 15 is 0 Å². The first-order valence-corrected chi connectivity index (χ1v) is 4.57. The molecule has 14 heavy (non-hydrogen) atoms. The molecule has 0 unspecified atom stereocenters. The summed E-state index contributed by atoms with van der Waals surface area (Å²) in [5.41, 5.74) is -3.99. The van der Waals surface area contributed by atoms with Crippen molar-refractivity contribution < 1.29 is 17.6 Å². The van der Waals surface area contributed by atoms with E-state index in [4.69, 9.17) is 0 Å². The van der Waals surface area contributed by atoms with Crippen LogP contribution in [0.1, 0.15) is 5.56 Å². The minimum absolute atomic E-state index is 0.118. The summed E-state index contributed by atoms with van der Waals surface area (Å²) in [6.07, 6.45) is 0.207. The Bertz CT molecular complexity index is 319. The van der Waals surface area contributed by atoms with Crippen LogP contribution in [-0.2, 0) is 6.42 Å². The maximum absolute atomic E-state index is 12.7. The Kier molecular flexibility index (Phi) is 3.42.